The van der Waals surface area contributed by atoms with Crippen molar-refractivity contribution < 1.29 is 4.79 Å². The maximum Gasteiger partial charge on any atom is 0.261 e. The fourth-order valence-electron chi connectivity index (χ4n) is 3.69. The molecule has 6 heteroatoms. The fourth-order valence-corrected chi connectivity index (χ4v) is 6.52. The monoisotopic (exact) mass is 364 g/mol. The molecular weight excluding hydrogens is 344 g/mol. The van der Waals surface area contributed by atoms with Gasteiger partial charge in [0.25, 0.3) is 5.91 Å². The Morgan fingerprint density at radius 1 is 1.30 bits per heavy atom. The third-order valence-electron chi connectivity index (χ3n) is 4.99. The molecule has 23 heavy (non-hydrogen) atoms. The van der Waals surface area contributed by atoms with Crippen LogP contribution in [-0.2, 0) is 0 Å². The van der Waals surface area contributed by atoms with E-state index in [4.69, 9.17) is 0 Å². The summed E-state index contributed by atoms with van der Waals surface area (Å²) in [6, 6.07) is 6.90. The number of hydrogen-bond donors (Lipinski definition) is 1. The summed E-state index contributed by atoms with van der Waals surface area (Å²) < 4.78 is 1.18. The van der Waals surface area contributed by atoms with E-state index in [1.165, 1.54) is 35.0 Å². The highest BCUT2D eigenvalue weighted by Gasteiger charge is 2.40. The number of nitrogens with zero attached hydrogens (tertiary/aromatic N) is 1. The molecule has 3 fully saturated rings. The van der Waals surface area contributed by atoms with Gasteiger partial charge < -0.3 is 5.32 Å². The fraction of sp³-hybridized carbons (Fsp3) is 0.471. The van der Waals surface area contributed by atoms with Crippen LogP contribution in [0.5, 0.6) is 0 Å². The van der Waals surface area contributed by atoms with E-state index < -0.39 is 0 Å². The lowest BCUT2D eigenvalue weighted by Gasteiger charge is -2.49. The minimum absolute atomic E-state index is 0.0952. The molecule has 2 bridgehead atoms. The molecule has 3 aliphatic heterocycles. The van der Waals surface area contributed by atoms with Crippen molar-refractivity contribution in [3.05, 3.63) is 33.8 Å². The molecule has 0 aliphatic carbocycles. The van der Waals surface area contributed by atoms with Gasteiger partial charge in [0.05, 0.1) is 9.09 Å². The number of amides is 1. The summed E-state index contributed by atoms with van der Waals surface area (Å²) in [6.45, 7) is 4.64. The Balaban J connectivity index is 1.42. The van der Waals surface area contributed by atoms with Crippen LogP contribution in [-0.4, -0.2) is 36.0 Å². The first-order valence-corrected chi connectivity index (χ1v) is 10.6. The number of rotatable bonds is 4. The van der Waals surface area contributed by atoms with Crippen molar-refractivity contribution in [3.63, 3.8) is 0 Å². The molecule has 3 aliphatic rings. The number of carbonyl (C=O) groups excluding carboxylic acids is 1. The number of hydrogen-bond acceptors (Lipinski definition) is 5. The van der Waals surface area contributed by atoms with Crippen molar-refractivity contribution >= 4 is 40.3 Å². The Hall–Kier alpha value is -0.820. The van der Waals surface area contributed by atoms with Gasteiger partial charge >= 0.3 is 0 Å². The average molecular weight is 365 g/mol. The minimum Gasteiger partial charge on any atom is -0.347 e. The molecular formula is C17H20N2OS3. The van der Waals surface area contributed by atoms with E-state index in [-0.39, 0.29) is 5.91 Å². The van der Waals surface area contributed by atoms with Crippen LogP contribution in [0.15, 0.2) is 38.1 Å². The van der Waals surface area contributed by atoms with E-state index in [1.54, 1.807) is 34.4 Å². The number of fused-ring (bicyclic) bond motifs is 3. The van der Waals surface area contributed by atoms with Crippen LogP contribution in [0, 0.1) is 5.92 Å². The first-order valence-electron chi connectivity index (χ1n) is 8.05. The van der Waals surface area contributed by atoms with Gasteiger partial charge in [0.1, 0.15) is 0 Å². The van der Waals surface area contributed by atoms with Crippen LogP contribution in [0.2, 0.25) is 0 Å². The summed E-state index contributed by atoms with van der Waals surface area (Å²) >= 11 is 5.03. The highest BCUT2D eigenvalue weighted by molar-refractivity contribution is 8.01. The molecule has 2 aromatic rings. The molecule has 5 heterocycles. The molecule has 0 unspecified atom stereocenters. The van der Waals surface area contributed by atoms with Crippen molar-refractivity contribution in [1.82, 2.24) is 10.2 Å². The average Bonchev–Trinajstić information content (AvgIpc) is 3.23. The van der Waals surface area contributed by atoms with E-state index in [0.717, 1.165) is 4.88 Å². The molecule has 0 aromatic carbocycles. The van der Waals surface area contributed by atoms with E-state index in [9.17, 15) is 4.79 Å². The van der Waals surface area contributed by atoms with Gasteiger partial charge in [0.2, 0.25) is 0 Å². The third-order valence-corrected chi connectivity index (χ3v) is 8.03. The van der Waals surface area contributed by atoms with Crippen molar-refractivity contribution in [2.75, 3.05) is 13.1 Å². The van der Waals surface area contributed by atoms with Crippen LogP contribution in [0.25, 0.3) is 0 Å². The number of thiophene rings is 2. The van der Waals surface area contributed by atoms with Gasteiger partial charge in [-0.15, -0.1) is 11.3 Å². The normalized spacial score (nSPS) is 29.6. The lowest BCUT2D eigenvalue weighted by atomic mass is 9.79. The second kappa shape index (κ2) is 6.59. The summed E-state index contributed by atoms with van der Waals surface area (Å²) in [6.07, 6.45) is 2.44. The van der Waals surface area contributed by atoms with Crippen LogP contribution >= 0.6 is 34.4 Å². The number of piperidine rings is 3. The van der Waals surface area contributed by atoms with Gasteiger partial charge in [-0.05, 0) is 62.4 Å². The zero-order valence-corrected chi connectivity index (χ0v) is 15.5. The van der Waals surface area contributed by atoms with Crippen molar-refractivity contribution in [2.45, 2.75) is 41.0 Å². The molecule has 1 N–H and O–H groups in total. The molecule has 0 saturated carbocycles. The molecule has 2 aromatic heterocycles. The summed E-state index contributed by atoms with van der Waals surface area (Å²) in [5.74, 6) is 0.747. The molecule has 5 rings (SSSR count). The molecule has 2 atom stereocenters. The summed E-state index contributed by atoms with van der Waals surface area (Å²) in [7, 11) is 0. The Morgan fingerprint density at radius 3 is 2.83 bits per heavy atom. The van der Waals surface area contributed by atoms with Gasteiger partial charge in [-0.2, -0.15) is 11.3 Å². The first kappa shape index (κ1) is 15.7. The Bertz CT molecular complexity index is 672. The van der Waals surface area contributed by atoms with Gasteiger partial charge in [-0.3, -0.25) is 9.69 Å². The lowest BCUT2D eigenvalue weighted by molar-refractivity contribution is 0.0218. The number of carbonyl (C=O) groups is 1. The second-order valence-corrected chi connectivity index (χ2v) is 9.53. The van der Waals surface area contributed by atoms with Crippen LogP contribution in [0.3, 0.4) is 0 Å². The lowest BCUT2D eigenvalue weighted by Crippen LogP contribution is -2.62. The van der Waals surface area contributed by atoms with Crippen molar-refractivity contribution in [1.29, 1.82) is 0 Å². The van der Waals surface area contributed by atoms with Crippen LogP contribution in [0.1, 0.15) is 29.4 Å². The molecule has 122 valence electrons. The van der Waals surface area contributed by atoms with Crippen molar-refractivity contribution in [2.24, 2.45) is 5.92 Å². The van der Waals surface area contributed by atoms with Crippen LogP contribution in [0.4, 0.5) is 0 Å². The minimum atomic E-state index is 0.0952. The zero-order chi connectivity index (χ0) is 15.8. The van der Waals surface area contributed by atoms with Gasteiger partial charge in [0.15, 0.2) is 0 Å². The highest BCUT2D eigenvalue weighted by Crippen LogP contribution is 2.35. The first-order chi connectivity index (χ1) is 11.2. The van der Waals surface area contributed by atoms with E-state index in [0.29, 0.717) is 18.0 Å². The topological polar surface area (TPSA) is 32.3 Å². The van der Waals surface area contributed by atoms with Crippen molar-refractivity contribution in [3.8, 4) is 0 Å². The Kier molecular flexibility index (Phi) is 4.50. The largest absolute Gasteiger partial charge is 0.347 e. The maximum atomic E-state index is 12.6. The predicted octanol–water partition coefficient (Wildman–Crippen LogP) is 4.17. The van der Waals surface area contributed by atoms with E-state index >= 15 is 0 Å². The van der Waals surface area contributed by atoms with E-state index in [1.807, 2.05) is 6.07 Å². The summed E-state index contributed by atoms with van der Waals surface area (Å²) in [5.41, 5.74) is 0. The maximum absolute atomic E-state index is 12.6. The Morgan fingerprint density at radius 2 is 2.13 bits per heavy atom. The highest BCUT2D eigenvalue weighted by atomic mass is 32.2. The SMILES string of the molecule is C[C@@H]1[C@H](NC(=O)c2ccc(Sc3ccsc3)s2)C2CCN1CC2. The third kappa shape index (κ3) is 3.22. The molecule has 1 amide bonds. The molecule has 3 saturated heterocycles. The Labute approximate surface area is 149 Å². The zero-order valence-electron chi connectivity index (χ0n) is 13.0. The summed E-state index contributed by atoms with van der Waals surface area (Å²) in [5, 5.41) is 7.53. The molecule has 0 radical (unpaired) electrons. The second-order valence-electron chi connectivity index (χ2n) is 6.29. The standard InChI is InChI=1S/C17H20N2OS3/c1-11-16(12-4-7-19(11)8-5-12)18-17(20)14-2-3-15(23-14)22-13-6-9-21-10-13/h2-3,6,9-12,16H,4-5,7-8H2,1H3,(H,18,20)/t11-,16+/m1/s1. The molecule has 0 spiro atoms. The van der Waals surface area contributed by atoms with E-state index in [2.05, 4.69) is 40.0 Å². The predicted molar refractivity (Wildman–Crippen MR) is 97.8 cm³/mol. The van der Waals surface area contributed by atoms with Gasteiger partial charge in [0, 0.05) is 22.4 Å². The van der Waals surface area contributed by atoms with Gasteiger partial charge in [-0.1, -0.05) is 11.8 Å². The van der Waals surface area contributed by atoms with Gasteiger partial charge in [-0.25, -0.2) is 0 Å². The number of nitrogens with one attached hydrogen (secondary N) is 1. The smallest absolute Gasteiger partial charge is 0.261 e. The summed E-state index contributed by atoms with van der Waals surface area (Å²) in [4.78, 5) is 17.2. The molecule has 3 nitrogen and oxygen atoms in total. The quantitative estimate of drug-likeness (QED) is 0.883. The van der Waals surface area contributed by atoms with Crippen LogP contribution < -0.4 is 5.32 Å².